The fraction of sp³-hybridized carbons (Fsp3) is 0.278. The number of aromatic amines is 1. The van der Waals surface area contributed by atoms with Crippen molar-refractivity contribution >= 4 is 17.0 Å². The number of imidazole rings is 1. The number of H-pyrrole nitrogens is 1. The highest BCUT2D eigenvalue weighted by atomic mass is 19.4. The summed E-state index contributed by atoms with van der Waals surface area (Å²) in [4.78, 5) is 7.07. The van der Waals surface area contributed by atoms with Crippen LogP contribution in [-0.2, 0) is 11.6 Å². The average Bonchev–Trinajstić information content (AvgIpc) is 2.84. The van der Waals surface area contributed by atoms with Crippen LogP contribution >= 0.6 is 0 Å². The second-order valence-corrected chi connectivity index (χ2v) is 6.87. The van der Waals surface area contributed by atoms with E-state index in [4.69, 9.17) is 5.73 Å². The van der Waals surface area contributed by atoms with Crippen molar-refractivity contribution in [1.82, 2.24) is 9.97 Å². The Labute approximate surface area is 137 Å². The summed E-state index contributed by atoms with van der Waals surface area (Å²) < 4.78 is 40.0. The number of nitrogen functional groups attached to an aromatic ring is 1. The number of nitrogens with zero attached hydrogens (tertiary/aromatic N) is 1. The molecule has 0 saturated heterocycles. The zero-order chi connectivity index (χ0) is 17.7. The molecule has 0 radical (unpaired) electrons. The molecule has 0 spiro atoms. The molecule has 0 fully saturated rings. The molecule has 0 bridgehead atoms. The van der Waals surface area contributed by atoms with Crippen LogP contribution in [0.1, 0.15) is 31.9 Å². The van der Waals surface area contributed by atoms with E-state index in [0.29, 0.717) is 27.7 Å². The molecule has 0 unspecified atom stereocenters. The molecular weight excluding hydrogens is 315 g/mol. The quantitative estimate of drug-likeness (QED) is 0.649. The third kappa shape index (κ3) is 2.96. The maximum Gasteiger partial charge on any atom is 0.416 e. The lowest BCUT2D eigenvalue weighted by molar-refractivity contribution is -0.137. The van der Waals surface area contributed by atoms with Crippen LogP contribution in [-0.4, -0.2) is 9.97 Å². The van der Waals surface area contributed by atoms with E-state index in [9.17, 15) is 13.2 Å². The van der Waals surface area contributed by atoms with Crippen molar-refractivity contribution < 1.29 is 13.2 Å². The van der Waals surface area contributed by atoms with E-state index in [-0.39, 0.29) is 5.95 Å². The number of alkyl halides is 3. The second kappa shape index (κ2) is 5.26. The van der Waals surface area contributed by atoms with Gasteiger partial charge in [-0.1, -0.05) is 39.0 Å². The van der Waals surface area contributed by atoms with Gasteiger partial charge in [-0.05, 0) is 34.7 Å². The zero-order valence-corrected chi connectivity index (χ0v) is 13.6. The van der Waals surface area contributed by atoms with E-state index in [1.54, 1.807) is 24.3 Å². The average molecular weight is 333 g/mol. The number of hydrogen-bond acceptors (Lipinski definition) is 2. The van der Waals surface area contributed by atoms with E-state index in [0.717, 1.165) is 0 Å². The molecule has 1 aromatic heterocycles. The van der Waals surface area contributed by atoms with Gasteiger partial charge in [0.15, 0.2) is 5.95 Å². The van der Waals surface area contributed by atoms with Crippen LogP contribution in [0.4, 0.5) is 19.1 Å². The summed E-state index contributed by atoms with van der Waals surface area (Å²) in [6.45, 7) is 5.67. The second-order valence-electron chi connectivity index (χ2n) is 6.87. The number of nitrogens with one attached hydrogen (secondary N) is 1. The Morgan fingerprint density at radius 1 is 1.00 bits per heavy atom. The monoisotopic (exact) mass is 333 g/mol. The number of rotatable bonds is 1. The van der Waals surface area contributed by atoms with Crippen molar-refractivity contribution in [2.75, 3.05) is 5.73 Å². The topological polar surface area (TPSA) is 54.7 Å². The van der Waals surface area contributed by atoms with E-state index >= 15 is 0 Å². The minimum absolute atomic E-state index is 0.237. The molecule has 1 heterocycles. The van der Waals surface area contributed by atoms with E-state index in [1.165, 1.54) is 12.1 Å². The summed E-state index contributed by atoms with van der Waals surface area (Å²) in [5.74, 6) is 0.237. The Bertz CT molecular complexity index is 870. The molecule has 3 nitrogen and oxygen atoms in total. The van der Waals surface area contributed by atoms with Crippen LogP contribution in [0.15, 0.2) is 36.4 Å². The highest BCUT2D eigenvalue weighted by Crippen LogP contribution is 2.38. The number of anilines is 1. The molecular formula is C18H18F3N3. The fourth-order valence-electron chi connectivity index (χ4n) is 2.67. The molecule has 24 heavy (non-hydrogen) atoms. The lowest BCUT2D eigenvalue weighted by Gasteiger charge is -2.22. The first-order chi connectivity index (χ1) is 11.1. The minimum atomic E-state index is -4.41. The Balaban J connectivity index is 2.30. The van der Waals surface area contributed by atoms with Gasteiger partial charge in [0.2, 0.25) is 0 Å². The predicted octanol–water partition coefficient (Wildman–Crippen LogP) is 5.13. The zero-order valence-electron chi connectivity index (χ0n) is 13.6. The number of para-hydroxylation sites is 1. The van der Waals surface area contributed by atoms with Gasteiger partial charge < -0.3 is 10.7 Å². The van der Waals surface area contributed by atoms with E-state index in [1.807, 2.05) is 20.8 Å². The first-order valence-corrected chi connectivity index (χ1v) is 7.53. The van der Waals surface area contributed by atoms with Crippen LogP contribution in [0.3, 0.4) is 0 Å². The largest absolute Gasteiger partial charge is 0.416 e. The maximum atomic E-state index is 13.3. The lowest BCUT2D eigenvalue weighted by atomic mass is 9.84. The van der Waals surface area contributed by atoms with Gasteiger partial charge in [0.05, 0.1) is 16.6 Å². The Morgan fingerprint density at radius 2 is 1.67 bits per heavy atom. The molecule has 0 aliphatic carbocycles. The number of benzene rings is 2. The van der Waals surface area contributed by atoms with Crippen molar-refractivity contribution in [3.8, 4) is 11.1 Å². The van der Waals surface area contributed by atoms with Crippen LogP contribution in [0, 0.1) is 0 Å². The third-order valence-electron chi connectivity index (χ3n) is 3.97. The summed E-state index contributed by atoms with van der Waals surface area (Å²) in [5.41, 5.74) is 7.64. The van der Waals surface area contributed by atoms with E-state index in [2.05, 4.69) is 9.97 Å². The molecule has 6 heteroatoms. The number of fused-ring (bicyclic) bond motifs is 1. The van der Waals surface area contributed by atoms with Crippen molar-refractivity contribution in [2.24, 2.45) is 0 Å². The molecule has 3 rings (SSSR count). The normalized spacial score (nSPS) is 12.8. The van der Waals surface area contributed by atoms with Gasteiger partial charge >= 0.3 is 6.18 Å². The predicted molar refractivity (Wildman–Crippen MR) is 89.6 cm³/mol. The van der Waals surface area contributed by atoms with Gasteiger partial charge in [-0.25, -0.2) is 4.98 Å². The Hall–Kier alpha value is -2.50. The summed E-state index contributed by atoms with van der Waals surface area (Å²) in [7, 11) is 0. The van der Waals surface area contributed by atoms with Gasteiger partial charge in [0.25, 0.3) is 0 Å². The van der Waals surface area contributed by atoms with Gasteiger partial charge in [-0.2, -0.15) is 13.2 Å². The summed E-state index contributed by atoms with van der Waals surface area (Å²) in [6.07, 6.45) is -4.41. The molecule has 0 aliphatic rings. The SMILES string of the molecule is CC(C)(C)c1cc(-c2cccc3nc(N)[nH]c23)cc(C(F)(F)F)c1. The molecule has 0 saturated carbocycles. The van der Waals surface area contributed by atoms with Gasteiger partial charge in [0, 0.05) is 5.56 Å². The smallest absolute Gasteiger partial charge is 0.369 e. The summed E-state index contributed by atoms with van der Waals surface area (Å²) >= 11 is 0. The lowest BCUT2D eigenvalue weighted by Crippen LogP contribution is -2.14. The first-order valence-electron chi connectivity index (χ1n) is 7.53. The number of aromatic nitrogens is 2. The fourth-order valence-corrected chi connectivity index (χ4v) is 2.67. The van der Waals surface area contributed by atoms with Crippen LogP contribution in [0.25, 0.3) is 22.2 Å². The highest BCUT2D eigenvalue weighted by molar-refractivity contribution is 5.93. The number of hydrogen-bond donors (Lipinski definition) is 2. The first kappa shape index (κ1) is 16.4. The van der Waals surface area contributed by atoms with Crippen LogP contribution < -0.4 is 5.73 Å². The van der Waals surface area contributed by atoms with E-state index < -0.39 is 17.2 Å². The summed E-state index contributed by atoms with van der Waals surface area (Å²) in [5, 5.41) is 0. The summed E-state index contributed by atoms with van der Waals surface area (Å²) in [6, 6.07) is 9.47. The number of halogens is 3. The van der Waals surface area contributed by atoms with Crippen molar-refractivity contribution in [3.63, 3.8) is 0 Å². The third-order valence-corrected chi connectivity index (χ3v) is 3.97. The molecule has 0 atom stereocenters. The van der Waals surface area contributed by atoms with Crippen molar-refractivity contribution in [3.05, 3.63) is 47.5 Å². The van der Waals surface area contributed by atoms with Gasteiger partial charge in [-0.15, -0.1) is 0 Å². The van der Waals surface area contributed by atoms with Gasteiger partial charge in [0.1, 0.15) is 0 Å². The molecule has 2 aromatic carbocycles. The highest BCUT2D eigenvalue weighted by Gasteiger charge is 2.32. The maximum absolute atomic E-state index is 13.3. The molecule has 3 aromatic rings. The standard InChI is InChI=1S/C18H18F3N3/c1-17(2,3)11-7-10(8-12(9-11)18(19,20)21)13-5-4-6-14-15(13)24-16(22)23-14/h4-9H,1-3H3,(H3,22,23,24). The van der Waals surface area contributed by atoms with Gasteiger partial charge in [-0.3, -0.25) is 0 Å². The van der Waals surface area contributed by atoms with Crippen LogP contribution in [0.2, 0.25) is 0 Å². The molecule has 126 valence electrons. The van der Waals surface area contributed by atoms with Crippen molar-refractivity contribution in [1.29, 1.82) is 0 Å². The Kier molecular flexibility index (Phi) is 3.59. The Morgan fingerprint density at radius 3 is 2.29 bits per heavy atom. The number of nitrogens with two attached hydrogens (primary N) is 1. The molecule has 0 amide bonds. The molecule has 0 aliphatic heterocycles. The minimum Gasteiger partial charge on any atom is -0.369 e. The van der Waals surface area contributed by atoms with Crippen LogP contribution in [0.5, 0.6) is 0 Å². The van der Waals surface area contributed by atoms with Crippen molar-refractivity contribution in [2.45, 2.75) is 32.4 Å². The molecule has 3 N–H and O–H groups in total.